The summed E-state index contributed by atoms with van der Waals surface area (Å²) in [6.07, 6.45) is 0.208. The van der Waals surface area contributed by atoms with Gasteiger partial charge in [-0.15, -0.1) is 0 Å². The Hall–Kier alpha value is -1.69. The molecule has 1 heterocycles. The van der Waals surface area contributed by atoms with Crippen LogP contribution < -0.4 is 0 Å². The van der Waals surface area contributed by atoms with Gasteiger partial charge in [0.1, 0.15) is 0 Å². The third-order valence-electron chi connectivity index (χ3n) is 6.86. The monoisotopic (exact) mass is 535 g/mol. The van der Waals surface area contributed by atoms with Crippen molar-refractivity contribution in [3.05, 3.63) is 69.7 Å². The Morgan fingerprint density at radius 2 is 1.74 bits per heavy atom. The lowest BCUT2D eigenvalue weighted by molar-refractivity contribution is -0.161. The highest BCUT2D eigenvalue weighted by Gasteiger charge is 2.52. The predicted molar refractivity (Wildman–Crippen MR) is 146 cm³/mol. The van der Waals surface area contributed by atoms with Gasteiger partial charge in [0.2, 0.25) is 5.91 Å². The van der Waals surface area contributed by atoms with Gasteiger partial charge in [-0.2, -0.15) is 11.8 Å². The van der Waals surface area contributed by atoms with Crippen LogP contribution in [-0.4, -0.2) is 38.9 Å². The number of benzene rings is 2. The van der Waals surface area contributed by atoms with Gasteiger partial charge in [0.15, 0.2) is 0 Å². The second-order valence-electron chi connectivity index (χ2n) is 10.4. The number of likely N-dealkylation sites (tertiary alicyclic amines) is 1. The fourth-order valence-corrected chi connectivity index (χ4v) is 6.58. The van der Waals surface area contributed by atoms with Crippen LogP contribution in [0, 0.1) is 11.3 Å². The maximum Gasteiger partial charge on any atom is 0.304 e. The van der Waals surface area contributed by atoms with E-state index in [1.807, 2.05) is 65.2 Å². The number of hydrogen-bond acceptors (Lipinski definition) is 3. The Morgan fingerprint density at radius 1 is 1.09 bits per heavy atom. The number of carbonyl (C=O) groups is 2. The zero-order valence-electron chi connectivity index (χ0n) is 21.0. The van der Waals surface area contributed by atoms with Crippen LogP contribution in [0.4, 0.5) is 0 Å². The molecule has 1 N–H and O–H groups in total. The van der Waals surface area contributed by atoms with Crippen molar-refractivity contribution in [1.29, 1.82) is 0 Å². The highest BCUT2D eigenvalue weighted by Crippen LogP contribution is 2.52. The molecule has 0 aliphatic carbocycles. The molecule has 4 atom stereocenters. The summed E-state index contributed by atoms with van der Waals surface area (Å²) in [5.41, 5.74) is 0.966. The van der Waals surface area contributed by atoms with Crippen LogP contribution in [-0.2, 0) is 9.59 Å². The Kier molecular flexibility index (Phi) is 9.22. The molecule has 2 aromatic carbocycles. The smallest absolute Gasteiger partial charge is 0.304 e. The molecular weight excluding hydrogens is 501 g/mol. The van der Waals surface area contributed by atoms with E-state index in [0.717, 1.165) is 16.9 Å². The van der Waals surface area contributed by atoms with Gasteiger partial charge in [-0.1, -0.05) is 82.1 Å². The molecule has 4 nitrogen and oxygen atoms in total. The van der Waals surface area contributed by atoms with Gasteiger partial charge in [-0.3, -0.25) is 9.59 Å². The van der Waals surface area contributed by atoms with E-state index in [-0.39, 0.29) is 36.2 Å². The number of carboxylic acids is 1. The summed E-state index contributed by atoms with van der Waals surface area (Å²) in [4.78, 5) is 28.2. The molecule has 0 spiro atoms. The van der Waals surface area contributed by atoms with Crippen LogP contribution in [0.15, 0.2) is 48.5 Å². The van der Waals surface area contributed by atoms with Crippen molar-refractivity contribution in [1.82, 2.24) is 4.90 Å². The molecule has 2 unspecified atom stereocenters. The van der Waals surface area contributed by atoms with Gasteiger partial charge in [-0.05, 0) is 53.0 Å². The number of thioether (sulfide) groups is 1. The molecule has 0 radical (unpaired) electrons. The number of piperidine rings is 1. The molecular formula is C28H35Cl2NO3S. The quantitative estimate of drug-likeness (QED) is 0.357. The Labute approximate surface area is 223 Å². The van der Waals surface area contributed by atoms with Gasteiger partial charge < -0.3 is 10.0 Å². The molecule has 0 saturated carbocycles. The third kappa shape index (κ3) is 6.55. The van der Waals surface area contributed by atoms with Crippen molar-refractivity contribution in [3.63, 3.8) is 0 Å². The first-order valence-corrected chi connectivity index (χ1v) is 13.9. The summed E-state index contributed by atoms with van der Waals surface area (Å²) in [6.45, 7) is 10.4. The molecule has 0 bridgehead atoms. The molecule has 35 heavy (non-hydrogen) atoms. The van der Waals surface area contributed by atoms with E-state index in [2.05, 4.69) is 27.7 Å². The highest BCUT2D eigenvalue weighted by atomic mass is 35.5. The molecule has 190 valence electrons. The maximum atomic E-state index is 14.3. The molecule has 1 aliphatic rings. The summed E-state index contributed by atoms with van der Waals surface area (Å²) in [5, 5.41) is 11.4. The lowest BCUT2D eigenvalue weighted by Gasteiger charge is -2.52. The van der Waals surface area contributed by atoms with Gasteiger partial charge in [-0.25, -0.2) is 0 Å². The van der Waals surface area contributed by atoms with Crippen molar-refractivity contribution < 1.29 is 14.7 Å². The van der Waals surface area contributed by atoms with Crippen molar-refractivity contribution in [2.45, 2.75) is 70.7 Å². The number of amides is 1. The summed E-state index contributed by atoms with van der Waals surface area (Å²) in [5.74, 6) is -0.222. The Bertz CT molecular complexity index is 1040. The summed E-state index contributed by atoms with van der Waals surface area (Å²) in [6, 6.07) is 15.1. The van der Waals surface area contributed by atoms with Crippen LogP contribution in [0.3, 0.4) is 0 Å². The summed E-state index contributed by atoms with van der Waals surface area (Å²) in [7, 11) is 0. The van der Waals surface area contributed by atoms with E-state index in [4.69, 9.17) is 23.2 Å². The minimum Gasteiger partial charge on any atom is -0.481 e. The van der Waals surface area contributed by atoms with Crippen LogP contribution >= 0.6 is 35.0 Å². The average Bonchev–Trinajstić information content (AvgIpc) is 2.76. The van der Waals surface area contributed by atoms with Gasteiger partial charge in [0.25, 0.3) is 0 Å². The van der Waals surface area contributed by atoms with Crippen LogP contribution in [0.1, 0.15) is 70.5 Å². The van der Waals surface area contributed by atoms with E-state index >= 15 is 0 Å². The lowest BCUT2D eigenvalue weighted by atomic mass is 9.66. The number of rotatable bonds is 9. The topological polar surface area (TPSA) is 57.6 Å². The van der Waals surface area contributed by atoms with Crippen LogP contribution in [0.5, 0.6) is 0 Å². The molecule has 1 saturated heterocycles. The molecule has 3 rings (SSSR count). The fraction of sp³-hybridized carbons (Fsp3) is 0.500. The normalized spacial score (nSPS) is 23.7. The second kappa shape index (κ2) is 11.6. The number of carboxylic acid groups (broad SMARTS) is 1. The van der Waals surface area contributed by atoms with Crippen molar-refractivity contribution in [2.24, 2.45) is 11.3 Å². The van der Waals surface area contributed by atoms with Crippen molar-refractivity contribution in [3.8, 4) is 0 Å². The number of aliphatic carboxylic acids is 1. The molecule has 0 aromatic heterocycles. The zero-order valence-corrected chi connectivity index (χ0v) is 23.3. The van der Waals surface area contributed by atoms with E-state index in [0.29, 0.717) is 21.7 Å². The number of carbonyl (C=O) groups excluding carboxylic acids is 1. The molecule has 1 amide bonds. The Balaban J connectivity index is 2.24. The fourth-order valence-electron chi connectivity index (χ4n) is 5.13. The van der Waals surface area contributed by atoms with Gasteiger partial charge in [0.05, 0.1) is 17.9 Å². The first-order valence-electron chi connectivity index (χ1n) is 12.1. The average molecular weight is 537 g/mol. The van der Waals surface area contributed by atoms with E-state index in [9.17, 15) is 14.7 Å². The largest absolute Gasteiger partial charge is 0.481 e. The van der Waals surface area contributed by atoms with E-state index in [1.165, 1.54) is 0 Å². The summed E-state index contributed by atoms with van der Waals surface area (Å²) >= 11 is 14.4. The van der Waals surface area contributed by atoms with E-state index < -0.39 is 11.4 Å². The molecule has 2 aromatic rings. The molecule has 1 fully saturated rings. The number of nitrogens with zero attached hydrogens (tertiary/aromatic N) is 1. The lowest BCUT2D eigenvalue weighted by Crippen LogP contribution is -2.58. The molecule has 1 aliphatic heterocycles. The first kappa shape index (κ1) is 27.9. The molecule has 7 heteroatoms. The van der Waals surface area contributed by atoms with Crippen LogP contribution in [0.2, 0.25) is 10.0 Å². The highest BCUT2D eigenvalue weighted by molar-refractivity contribution is 7.99. The van der Waals surface area contributed by atoms with Gasteiger partial charge in [0, 0.05) is 27.8 Å². The standard InChI is InChI=1S/C28H35Cl2NO3S/c1-17(2)24(16-35-18(3)4)31-26(19-9-11-21(29)12-10-19)23(20-7-6-8-22(30)13-20)14-28(5,27(31)34)15-25(32)33/h6-13,17-18,23-24,26H,14-16H2,1-5H3,(H,32,33)/t23?,24?,26-,28-/m1/s1. The minimum absolute atomic E-state index is 0.0642. The van der Waals surface area contributed by atoms with Crippen LogP contribution in [0.25, 0.3) is 0 Å². The third-order valence-corrected chi connectivity index (χ3v) is 8.55. The first-order chi connectivity index (χ1) is 16.4. The zero-order chi connectivity index (χ0) is 25.9. The number of halogens is 2. The van der Waals surface area contributed by atoms with Crippen molar-refractivity contribution >= 4 is 46.8 Å². The minimum atomic E-state index is -1.03. The van der Waals surface area contributed by atoms with Crippen molar-refractivity contribution in [2.75, 3.05) is 5.75 Å². The predicted octanol–water partition coefficient (Wildman–Crippen LogP) is 7.70. The second-order valence-corrected chi connectivity index (χ2v) is 12.9. The SMILES string of the molecule is CC(C)SCC(C(C)C)N1C(=O)[C@@](C)(CC(=O)O)CC(c2cccc(Cl)c2)[C@H]1c1ccc(Cl)cc1. The Morgan fingerprint density at radius 3 is 2.29 bits per heavy atom. The maximum absolute atomic E-state index is 14.3. The van der Waals surface area contributed by atoms with E-state index in [1.54, 1.807) is 6.92 Å². The summed E-state index contributed by atoms with van der Waals surface area (Å²) < 4.78 is 0. The number of hydrogen-bond donors (Lipinski definition) is 1. The van der Waals surface area contributed by atoms with Gasteiger partial charge >= 0.3 is 5.97 Å².